The van der Waals surface area contributed by atoms with Gasteiger partial charge in [0.2, 0.25) is 5.91 Å². The second kappa shape index (κ2) is 6.80. The first-order chi connectivity index (χ1) is 9.97. The fourth-order valence-corrected chi connectivity index (χ4v) is 2.65. The van der Waals surface area contributed by atoms with Gasteiger partial charge in [0.15, 0.2) is 0 Å². The molecule has 1 saturated heterocycles. The number of phenols is 2. The highest BCUT2D eigenvalue weighted by atomic mass is 16.3. The number of benzene rings is 1. The van der Waals surface area contributed by atoms with Gasteiger partial charge in [0.25, 0.3) is 0 Å². The van der Waals surface area contributed by atoms with Crippen LogP contribution in [0.2, 0.25) is 0 Å². The van der Waals surface area contributed by atoms with E-state index in [1.54, 1.807) is 6.07 Å². The van der Waals surface area contributed by atoms with Gasteiger partial charge >= 0.3 is 0 Å². The van der Waals surface area contributed by atoms with E-state index in [-0.39, 0.29) is 23.3 Å². The standard InChI is InChI=1S/C16H24N2O3/c1-12(2)16(21)18-7-3-6-17(8-9-18)11-13-10-14(19)4-5-15(13)20/h4-5,10,12,19-20H,3,6-9,11H2,1-2H3. The molecule has 1 aromatic carbocycles. The molecule has 0 aromatic heterocycles. The van der Waals surface area contributed by atoms with Gasteiger partial charge in [0.05, 0.1) is 0 Å². The minimum Gasteiger partial charge on any atom is -0.508 e. The van der Waals surface area contributed by atoms with Crippen LogP contribution in [0, 0.1) is 5.92 Å². The highest BCUT2D eigenvalue weighted by molar-refractivity contribution is 5.78. The summed E-state index contributed by atoms with van der Waals surface area (Å²) in [5.41, 5.74) is 0.721. The van der Waals surface area contributed by atoms with Crippen LogP contribution in [-0.4, -0.2) is 52.1 Å². The first-order valence-corrected chi connectivity index (χ1v) is 7.49. The number of nitrogens with zero attached hydrogens (tertiary/aromatic N) is 2. The Balaban J connectivity index is 1.97. The maximum Gasteiger partial charge on any atom is 0.225 e. The van der Waals surface area contributed by atoms with Gasteiger partial charge in [-0.15, -0.1) is 0 Å². The smallest absolute Gasteiger partial charge is 0.225 e. The Kier molecular flexibility index (Phi) is 5.07. The molecule has 2 N–H and O–H groups in total. The largest absolute Gasteiger partial charge is 0.508 e. The highest BCUT2D eigenvalue weighted by Gasteiger charge is 2.21. The topological polar surface area (TPSA) is 64.0 Å². The van der Waals surface area contributed by atoms with Crippen LogP contribution in [0.15, 0.2) is 18.2 Å². The van der Waals surface area contributed by atoms with E-state index in [0.717, 1.165) is 38.2 Å². The van der Waals surface area contributed by atoms with Crippen LogP contribution in [0.25, 0.3) is 0 Å². The van der Waals surface area contributed by atoms with E-state index in [1.165, 1.54) is 12.1 Å². The maximum atomic E-state index is 12.0. The third kappa shape index (κ3) is 4.11. The van der Waals surface area contributed by atoms with Gasteiger partial charge in [-0.25, -0.2) is 0 Å². The van der Waals surface area contributed by atoms with E-state index in [2.05, 4.69) is 4.90 Å². The summed E-state index contributed by atoms with van der Waals surface area (Å²) < 4.78 is 0. The van der Waals surface area contributed by atoms with E-state index in [1.807, 2.05) is 18.7 Å². The van der Waals surface area contributed by atoms with Crippen molar-refractivity contribution in [1.29, 1.82) is 0 Å². The molecule has 1 aromatic rings. The molecule has 1 aliphatic rings. The molecule has 116 valence electrons. The van der Waals surface area contributed by atoms with Gasteiger partial charge < -0.3 is 15.1 Å². The molecule has 0 radical (unpaired) electrons. The van der Waals surface area contributed by atoms with Gasteiger partial charge in [0, 0.05) is 44.2 Å². The summed E-state index contributed by atoms with van der Waals surface area (Å²) in [6.45, 7) is 7.62. The molecule has 0 unspecified atom stereocenters. The number of hydrogen-bond donors (Lipinski definition) is 2. The predicted octanol–water partition coefficient (Wildman–Crippen LogP) is 1.79. The number of hydrogen-bond acceptors (Lipinski definition) is 4. The molecule has 0 atom stereocenters. The first kappa shape index (κ1) is 15.6. The van der Waals surface area contributed by atoms with Crippen molar-refractivity contribution in [2.75, 3.05) is 26.2 Å². The average Bonchev–Trinajstić information content (AvgIpc) is 2.67. The zero-order valence-electron chi connectivity index (χ0n) is 12.7. The molecule has 0 aliphatic carbocycles. The average molecular weight is 292 g/mol. The Morgan fingerprint density at radius 1 is 1.19 bits per heavy atom. The van der Waals surface area contributed by atoms with Crippen LogP contribution in [0.5, 0.6) is 11.5 Å². The summed E-state index contributed by atoms with van der Waals surface area (Å²) in [5, 5.41) is 19.4. The predicted molar refractivity (Wildman–Crippen MR) is 81.1 cm³/mol. The molecule has 1 heterocycles. The zero-order chi connectivity index (χ0) is 15.4. The van der Waals surface area contributed by atoms with Crippen LogP contribution in [0.1, 0.15) is 25.8 Å². The summed E-state index contributed by atoms with van der Waals surface area (Å²) >= 11 is 0. The summed E-state index contributed by atoms with van der Waals surface area (Å²) in [4.78, 5) is 16.2. The second-order valence-electron chi connectivity index (χ2n) is 5.92. The minimum atomic E-state index is 0.0339. The lowest BCUT2D eigenvalue weighted by Crippen LogP contribution is -2.37. The summed E-state index contributed by atoms with van der Waals surface area (Å²) in [7, 11) is 0. The van der Waals surface area contributed by atoms with Gasteiger partial charge in [0.1, 0.15) is 11.5 Å². The quantitative estimate of drug-likeness (QED) is 0.834. The van der Waals surface area contributed by atoms with Crippen molar-refractivity contribution in [2.24, 2.45) is 5.92 Å². The molecule has 0 bridgehead atoms. The van der Waals surface area contributed by atoms with Crippen LogP contribution in [0.4, 0.5) is 0 Å². The van der Waals surface area contributed by atoms with Gasteiger partial charge in [-0.1, -0.05) is 13.8 Å². The lowest BCUT2D eigenvalue weighted by molar-refractivity contribution is -0.134. The molecular formula is C16H24N2O3. The Morgan fingerprint density at radius 3 is 2.67 bits per heavy atom. The number of carbonyl (C=O) groups is 1. The molecule has 0 spiro atoms. The van der Waals surface area contributed by atoms with Crippen LogP contribution >= 0.6 is 0 Å². The monoisotopic (exact) mass is 292 g/mol. The van der Waals surface area contributed by atoms with Crippen molar-refractivity contribution >= 4 is 5.91 Å². The number of amides is 1. The molecule has 1 amide bonds. The third-order valence-corrected chi connectivity index (χ3v) is 3.85. The van der Waals surface area contributed by atoms with Gasteiger partial charge in [-0.05, 0) is 24.6 Å². The molecule has 21 heavy (non-hydrogen) atoms. The van der Waals surface area contributed by atoms with Crippen molar-refractivity contribution in [3.05, 3.63) is 23.8 Å². The minimum absolute atomic E-state index is 0.0339. The second-order valence-corrected chi connectivity index (χ2v) is 5.92. The Hall–Kier alpha value is -1.75. The van der Waals surface area contributed by atoms with Crippen LogP contribution in [-0.2, 0) is 11.3 Å². The van der Waals surface area contributed by atoms with Crippen LogP contribution < -0.4 is 0 Å². The summed E-state index contributed by atoms with van der Waals surface area (Å²) in [6, 6.07) is 4.58. The molecule has 5 heteroatoms. The molecule has 2 rings (SSSR count). The molecule has 1 fully saturated rings. The van der Waals surface area contributed by atoms with Crippen molar-refractivity contribution in [1.82, 2.24) is 9.80 Å². The fourth-order valence-electron chi connectivity index (χ4n) is 2.65. The molecular weight excluding hydrogens is 268 g/mol. The van der Waals surface area contributed by atoms with Crippen molar-refractivity contribution in [3.8, 4) is 11.5 Å². The Bertz CT molecular complexity index is 502. The van der Waals surface area contributed by atoms with Crippen molar-refractivity contribution < 1.29 is 15.0 Å². The first-order valence-electron chi connectivity index (χ1n) is 7.49. The fraction of sp³-hybridized carbons (Fsp3) is 0.562. The highest BCUT2D eigenvalue weighted by Crippen LogP contribution is 2.24. The van der Waals surface area contributed by atoms with E-state index in [9.17, 15) is 15.0 Å². The lowest BCUT2D eigenvalue weighted by Gasteiger charge is -2.23. The number of aromatic hydroxyl groups is 2. The SMILES string of the molecule is CC(C)C(=O)N1CCCN(Cc2cc(O)ccc2O)CC1. The van der Waals surface area contributed by atoms with Gasteiger partial charge in [-0.3, -0.25) is 9.69 Å². The molecule has 0 saturated carbocycles. The normalized spacial score (nSPS) is 17.0. The number of carbonyl (C=O) groups excluding carboxylic acids is 1. The van der Waals surface area contributed by atoms with Gasteiger partial charge in [-0.2, -0.15) is 0 Å². The van der Waals surface area contributed by atoms with E-state index < -0.39 is 0 Å². The molecule has 1 aliphatic heterocycles. The van der Waals surface area contributed by atoms with E-state index in [4.69, 9.17) is 0 Å². The van der Waals surface area contributed by atoms with E-state index >= 15 is 0 Å². The maximum absolute atomic E-state index is 12.0. The Morgan fingerprint density at radius 2 is 1.95 bits per heavy atom. The van der Waals surface area contributed by atoms with E-state index in [0.29, 0.717) is 6.54 Å². The number of phenolic OH excluding ortho intramolecular Hbond substituents is 2. The third-order valence-electron chi connectivity index (χ3n) is 3.85. The van der Waals surface area contributed by atoms with Crippen molar-refractivity contribution in [2.45, 2.75) is 26.8 Å². The van der Waals surface area contributed by atoms with Crippen LogP contribution in [0.3, 0.4) is 0 Å². The summed E-state index contributed by atoms with van der Waals surface area (Å²) in [5.74, 6) is 0.602. The van der Waals surface area contributed by atoms with Crippen molar-refractivity contribution in [3.63, 3.8) is 0 Å². The molecule has 5 nitrogen and oxygen atoms in total. The summed E-state index contributed by atoms with van der Waals surface area (Å²) in [6.07, 6.45) is 0.929. The number of rotatable bonds is 3. The lowest BCUT2D eigenvalue weighted by atomic mass is 10.1. The zero-order valence-corrected chi connectivity index (χ0v) is 12.7. The Labute approximate surface area is 125 Å².